The monoisotopic (exact) mass is 276 g/mol. The highest BCUT2D eigenvalue weighted by atomic mass is 19.4. The van der Waals surface area contributed by atoms with Crippen LogP contribution in [0.1, 0.15) is 32.8 Å². The third-order valence-electron chi connectivity index (χ3n) is 2.58. The van der Waals surface area contributed by atoms with Crippen molar-refractivity contribution in [2.45, 2.75) is 39.0 Å². The summed E-state index contributed by atoms with van der Waals surface area (Å²) in [5.74, 6) is 0.547. The summed E-state index contributed by atoms with van der Waals surface area (Å²) in [6, 6.07) is 6.29. The van der Waals surface area contributed by atoms with Crippen LogP contribution in [0.3, 0.4) is 0 Å². The van der Waals surface area contributed by atoms with Gasteiger partial charge >= 0.3 is 6.18 Å². The summed E-state index contributed by atoms with van der Waals surface area (Å²) in [5, 5.41) is 10.1. The van der Waals surface area contributed by atoms with Gasteiger partial charge in [0, 0.05) is 5.56 Å². The van der Waals surface area contributed by atoms with E-state index in [9.17, 15) is 18.3 Å². The molecule has 0 heterocycles. The molecule has 1 rings (SSSR count). The zero-order valence-corrected chi connectivity index (χ0v) is 11.3. The highest BCUT2D eigenvalue weighted by Gasteiger charge is 2.40. The molecular formula is C14H19F3O2. The third kappa shape index (κ3) is 5.11. The van der Waals surface area contributed by atoms with Crippen molar-refractivity contribution in [1.82, 2.24) is 0 Å². The third-order valence-corrected chi connectivity index (χ3v) is 2.58. The standard InChI is InChI=1S/C14H19F3O2/c1-10(2)8-19-12-7-5-4-6-11(12)13(3,18)9-14(15,16)17/h4-7,10,18H,8-9H2,1-3H3. The maximum atomic E-state index is 12.5. The molecule has 0 aliphatic rings. The molecule has 0 aromatic heterocycles. The Kier molecular flexibility index (Phi) is 4.85. The fourth-order valence-electron chi connectivity index (χ4n) is 1.78. The van der Waals surface area contributed by atoms with Gasteiger partial charge in [0.2, 0.25) is 0 Å². The Morgan fingerprint density at radius 3 is 2.32 bits per heavy atom. The first-order valence-electron chi connectivity index (χ1n) is 6.13. The Morgan fingerprint density at radius 2 is 1.79 bits per heavy atom. The van der Waals surface area contributed by atoms with E-state index in [0.29, 0.717) is 12.4 Å². The summed E-state index contributed by atoms with van der Waals surface area (Å²) >= 11 is 0. The van der Waals surface area contributed by atoms with Crippen molar-refractivity contribution in [3.8, 4) is 5.75 Å². The van der Waals surface area contributed by atoms with Crippen molar-refractivity contribution < 1.29 is 23.0 Å². The Balaban J connectivity index is 2.98. The first kappa shape index (κ1) is 15.8. The fraction of sp³-hybridized carbons (Fsp3) is 0.571. The number of alkyl halides is 3. The lowest BCUT2D eigenvalue weighted by Crippen LogP contribution is -2.29. The molecule has 1 unspecified atom stereocenters. The van der Waals surface area contributed by atoms with Gasteiger partial charge in [-0.05, 0) is 18.9 Å². The first-order valence-corrected chi connectivity index (χ1v) is 6.13. The largest absolute Gasteiger partial charge is 0.493 e. The van der Waals surface area contributed by atoms with Crippen molar-refractivity contribution in [2.24, 2.45) is 5.92 Å². The number of hydrogen-bond donors (Lipinski definition) is 1. The van der Waals surface area contributed by atoms with E-state index in [-0.39, 0.29) is 11.5 Å². The number of ether oxygens (including phenoxy) is 1. The summed E-state index contributed by atoms with van der Waals surface area (Å²) in [5.41, 5.74) is -1.83. The number of benzene rings is 1. The molecule has 0 radical (unpaired) electrons. The van der Waals surface area contributed by atoms with E-state index in [2.05, 4.69) is 0 Å². The highest BCUT2D eigenvalue weighted by Crippen LogP contribution is 2.38. The fourth-order valence-corrected chi connectivity index (χ4v) is 1.78. The maximum Gasteiger partial charge on any atom is 0.392 e. The average Bonchev–Trinajstić information content (AvgIpc) is 2.23. The molecule has 1 aromatic rings. The van der Waals surface area contributed by atoms with Gasteiger partial charge in [-0.15, -0.1) is 0 Å². The van der Waals surface area contributed by atoms with Gasteiger partial charge in [-0.1, -0.05) is 32.0 Å². The van der Waals surface area contributed by atoms with E-state index in [1.807, 2.05) is 13.8 Å². The Labute approximate surface area is 111 Å². The van der Waals surface area contributed by atoms with Gasteiger partial charge in [-0.2, -0.15) is 13.2 Å². The summed E-state index contributed by atoms with van der Waals surface area (Å²) in [6.07, 6.45) is -5.74. The Bertz CT molecular complexity index is 411. The van der Waals surface area contributed by atoms with Crippen molar-refractivity contribution in [1.29, 1.82) is 0 Å². The second kappa shape index (κ2) is 5.82. The van der Waals surface area contributed by atoms with Crippen molar-refractivity contribution in [3.05, 3.63) is 29.8 Å². The van der Waals surface area contributed by atoms with Crippen LogP contribution >= 0.6 is 0 Å². The molecule has 5 heteroatoms. The molecule has 1 atom stereocenters. The Hall–Kier alpha value is -1.23. The van der Waals surface area contributed by atoms with E-state index >= 15 is 0 Å². The van der Waals surface area contributed by atoms with Gasteiger partial charge in [0.1, 0.15) is 5.75 Å². The molecule has 0 saturated carbocycles. The summed E-state index contributed by atoms with van der Waals surface area (Å²) in [4.78, 5) is 0. The number of hydrogen-bond acceptors (Lipinski definition) is 2. The topological polar surface area (TPSA) is 29.5 Å². The molecule has 0 spiro atoms. The molecule has 0 saturated heterocycles. The van der Waals surface area contributed by atoms with E-state index in [4.69, 9.17) is 4.74 Å². The lowest BCUT2D eigenvalue weighted by Gasteiger charge is -2.27. The first-order chi connectivity index (χ1) is 8.62. The molecular weight excluding hydrogens is 257 g/mol. The van der Waals surface area contributed by atoms with E-state index in [0.717, 1.165) is 6.92 Å². The lowest BCUT2D eigenvalue weighted by atomic mass is 9.91. The molecule has 1 N–H and O–H groups in total. The maximum absolute atomic E-state index is 12.5. The SMILES string of the molecule is CC(C)COc1ccccc1C(C)(O)CC(F)(F)F. The second-order valence-corrected chi connectivity index (χ2v) is 5.27. The van der Waals surface area contributed by atoms with Gasteiger partial charge in [0.05, 0.1) is 18.6 Å². The van der Waals surface area contributed by atoms with Crippen LogP contribution in [0.2, 0.25) is 0 Å². The molecule has 0 aliphatic carbocycles. The number of rotatable bonds is 5. The summed E-state index contributed by atoms with van der Waals surface area (Å²) in [7, 11) is 0. The highest BCUT2D eigenvalue weighted by molar-refractivity contribution is 5.37. The van der Waals surface area contributed by atoms with Crippen LogP contribution in [0.5, 0.6) is 5.75 Å². The smallest absolute Gasteiger partial charge is 0.392 e. The van der Waals surface area contributed by atoms with Crippen LogP contribution in [0, 0.1) is 5.92 Å². The summed E-state index contributed by atoms with van der Waals surface area (Å²) < 4.78 is 42.9. The van der Waals surface area contributed by atoms with Crippen LogP contribution in [0.25, 0.3) is 0 Å². The minimum Gasteiger partial charge on any atom is -0.493 e. The number of aliphatic hydroxyl groups is 1. The van der Waals surface area contributed by atoms with Crippen LogP contribution in [0.15, 0.2) is 24.3 Å². The number of halogens is 3. The molecule has 0 aliphatic heterocycles. The predicted molar refractivity (Wildman–Crippen MR) is 67.0 cm³/mol. The van der Waals surface area contributed by atoms with Crippen molar-refractivity contribution in [3.63, 3.8) is 0 Å². The summed E-state index contributed by atoms with van der Waals surface area (Å²) in [6.45, 7) is 5.42. The normalized spacial score (nSPS) is 15.4. The molecule has 0 bridgehead atoms. The zero-order valence-electron chi connectivity index (χ0n) is 11.3. The van der Waals surface area contributed by atoms with Crippen molar-refractivity contribution in [2.75, 3.05) is 6.61 Å². The quantitative estimate of drug-likeness (QED) is 0.884. The van der Waals surface area contributed by atoms with Gasteiger partial charge < -0.3 is 9.84 Å². The van der Waals surface area contributed by atoms with Gasteiger partial charge in [0.15, 0.2) is 0 Å². The predicted octanol–water partition coefficient (Wildman–Crippen LogP) is 3.88. The molecule has 1 aromatic carbocycles. The molecule has 0 amide bonds. The van der Waals surface area contributed by atoms with E-state index in [1.165, 1.54) is 6.07 Å². The van der Waals surface area contributed by atoms with E-state index in [1.54, 1.807) is 18.2 Å². The minimum atomic E-state index is -4.44. The Morgan fingerprint density at radius 1 is 1.21 bits per heavy atom. The zero-order chi connectivity index (χ0) is 14.7. The molecule has 108 valence electrons. The van der Waals surface area contributed by atoms with Crippen LogP contribution < -0.4 is 4.74 Å². The van der Waals surface area contributed by atoms with Gasteiger partial charge in [-0.25, -0.2) is 0 Å². The van der Waals surface area contributed by atoms with Crippen LogP contribution in [0.4, 0.5) is 13.2 Å². The van der Waals surface area contributed by atoms with Crippen LogP contribution in [-0.2, 0) is 5.60 Å². The van der Waals surface area contributed by atoms with Gasteiger partial charge in [0.25, 0.3) is 0 Å². The second-order valence-electron chi connectivity index (χ2n) is 5.27. The molecule has 2 nitrogen and oxygen atoms in total. The van der Waals surface area contributed by atoms with Crippen molar-refractivity contribution >= 4 is 0 Å². The number of para-hydroxylation sites is 1. The average molecular weight is 276 g/mol. The minimum absolute atomic E-state index is 0.160. The molecule has 0 fully saturated rings. The van der Waals surface area contributed by atoms with E-state index < -0.39 is 18.2 Å². The van der Waals surface area contributed by atoms with Gasteiger partial charge in [-0.3, -0.25) is 0 Å². The molecule has 19 heavy (non-hydrogen) atoms. The lowest BCUT2D eigenvalue weighted by molar-refractivity contribution is -0.174. The van der Waals surface area contributed by atoms with Crippen LogP contribution in [-0.4, -0.2) is 17.9 Å².